The van der Waals surface area contributed by atoms with Gasteiger partial charge in [-0.25, -0.2) is 4.98 Å². The van der Waals surface area contributed by atoms with Crippen LogP contribution in [-0.2, 0) is 12.8 Å². The Bertz CT molecular complexity index is 217. The molecule has 0 amide bonds. The highest BCUT2D eigenvalue weighted by Crippen LogP contribution is 2.08. The van der Waals surface area contributed by atoms with E-state index in [4.69, 9.17) is 4.42 Å². The number of hydrogen-bond donors (Lipinski definition) is 0. The zero-order valence-corrected chi connectivity index (χ0v) is 7.97. The van der Waals surface area contributed by atoms with Crippen molar-refractivity contribution >= 4 is 0 Å². The predicted molar refractivity (Wildman–Crippen MR) is 49.1 cm³/mol. The third-order valence-electron chi connectivity index (χ3n) is 1.93. The van der Waals surface area contributed by atoms with Crippen molar-refractivity contribution in [2.75, 3.05) is 0 Å². The molecule has 0 aliphatic heterocycles. The quantitative estimate of drug-likeness (QED) is 0.630. The van der Waals surface area contributed by atoms with Crippen molar-refractivity contribution in [1.82, 2.24) is 4.98 Å². The Labute approximate surface area is 74.0 Å². The van der Waals surface area contributed by atoms with Crippen LogP contribution >= 0.6 is 0 Å². The van der Waals surface area contributed by atoms with E-state index in [0.29, 0.717) is 0 Å². The van der Waals surface area contributed by atoms with Crippen LogP contribution in [-0.4, -0.2) is 4.98 Å². The molecule has 2 heteroatoms. The van der Waals surface area contributed by atoms with Crippen LogP contribution in [0.4, 0.5) is 0 Å². The van der Waals surface area contributed by atoms with Gasteiger partial charge in [-0.15, -0.1) is 0 Å². The maximum Gasteiger partial charge on any atom is 0.194 e. The van der Waals surface area contributed by atoms with Gasteiger partial charge < -0.3 is 4.42 Å². The summed E-state index contributed by atoms with van der Waals surface area (Å²) >= 11 is 0. The molecule has 1 heterocycles. The van der Waals surface area contributed by atoms with Gasteiger partial charge in [-0.1, -0.05) is 26.7 Å². The summed E-state index contributed by atoms with van der Waals surface area (Å²) in [5.74, 6) is 1.90. The molecule has 0 atom stereocenters. The van der Waals surface area contributed by atoms with Gasteiger partial charge in [0.05, 0.1) is 6.20 Å². The van der Waals surface area contributed by atoms with Crippen LogP contribution in [0.2, 0.25) is 0 Å². The second kappa shape index (κ2) is 4.96. The number of rotatable bonds is 5. The van der Waals surface area contributed by atoms with Gasteiger partial charge in [0.15, 0.2) is 5.89 Å². The van der Waals surface area contributed by atoms with E-state index in [1.807, 2.05) is 6.20 Å². The van der Waals surface area contributed by atoms with E-state index in [9.17, 15) is 0 Å². The maximum absolute atomic E-state index is 5.47. The fraction of sp³-hybridized carbons (Fsp3) is 0.700. The lowest BCUT2D eigenvalue weighted by Crippen LogP contribution is -1.81. The van der Waals surface area contributed by atoms with Gasteiger partial charge in [-0.3, -0.25) is 0 Å². The number of aromatic nitrogens is 1. The zero-order chi connectivity index (χ0) is 8.81. The summed E-state index contributed by atoms with van der Waals surface area (Å²) in [6, 6.07) is 0. The summed E-state index contributed by atoms with van der Waals surface area (Å²) in [6.45, 7) is 4.26. The third kappa shape index (κ3) is 2.68. The molecule has 1 aromatic heterocycles. The molecule has 0 saturated carbocycles. The lowest BCUT2D eigenvalue weighted by molar-refractivity contribution is 0.452. The molecule has 1 aromatic rings. The Morgan fingerprint density at radius 2 is 2.17 bits per heavy atom. The van der Waals surface area contributed by atoms with E-state index < -0.39 is 0 Å². The van der Waals surface area contributed by atoms with E-state index in [1.54, 1.807) is 0 Å². The molecule has 0 fully saturated rings. The average Bonchev–Trinajstić information content (AvgIpc) is 2.53. The summed E-state index contributed by atoms with van der Waals surface area (Å²) in [5.41, 5.74) is 0. The van der Waals surface area contributed by atoms with Crippen molar-refractivity contribution in [1.29, 1.82) is 0 Å². The molecular weight excluding hydrogens is 150 g/mol. The number of unbranched alkanes of at least 4 members (excludes halogenated alkanes) is 2. The van der Waals surface area contributed by atoms with Gasteiger partial charge in [0.25, 0.3) is 0 Å². The monoisotopic (exact) mass is 167 g/mol. The van der Waals surface area contributed by atoms with E-state index >= 15 is 0 Å². The summed E-state index contributed by atoms with van der Waals surface area (Å²) in [4.78, 5) is 4.15. The summed E-state index contributed by atoms with van der Waals surface area (Å²) in [5, 5.41) is 0. The maximum atomic E-state index is 5.47. The second-order valence-corrected chi connectivity index (χ2v) is 3.03. The van der Waals surface area contributed by atoms with Crippen molar-refractivity contribution in [3.63, 3.8) is 0 Å². The smallest absolute Gasteiger partial charge is 0.194 e. The molecule has 68 valence electrons. The molecule has 0 radical (unpaired) electrons. The number of oxazole rings is 1. The Kier molecular flexibility index (Phi) is 3.85. The van der Waals surface area contributed by atoms with Gasteiger partial charge >= 0.3 is 0 Å². The molecule has 2 nitrogen and oxygen atoms in total. The number of hydrogen-bond acceptors (Lipinski definition) is 2. The molecule has 0 saturated heterocycles. The molecule has 0 aromatic carbocycles. The van der Waals surface area contributed by atoms with Crippen molar-refractivity contribution in [3.05, 3.63) is 17.8 Å². The third-order valence-corrected chi connectivity index (χ3v) is 1.93. The first-order valence-corrected chi connectivity index (χ1v) is 4.80. The molecule has 12 heavy (non-hydrogen) atoms. The highest BCUT2D eigenvalue weighted by Gasteiger charge is 2.00. The molecule has 0 bridgehead atoms. The molecular formula is C10H17NO. The fourth-order valence-corrected chi connectivity index (χ4v) is 1.18. The zero-order valence-electron chi connectivity index (χ0n) is 7.97. The summed E-state index contributed by atoms with van der Waals surface area (Å²) in [6.07, 6.45) is 7.55. The predicted octanol–water partition coefficient (Wildman–Crippen LogP) is 2.97. The lowest BCUT2D eigenvalue weighted by atomic mass is 10.2. The second-order valence-electron chi connectivity index (χ2n) is 3.03. The fourth-order valence-electron chi connectivity index (χ4n) is 1.18. The Morgan fingerprint density at radius 3 is 2.75 bits per heavy atom. The van der Waals surface area contributed by atoms with Gasteiger partial charge in [0, 0.05) is 12.8 Å². The Balaban J connectivity index is 2.31. The number of nitrogens with zero attached hydrogens (tertiary/aromatic N) is 1. The van der Waals surface area contributed by atoms with Crippen LogP contribution in [0.15, 0.2) is 10.6 Å². The van der Waals surface area contributed by atoms with Gasteiger partial charge in [-0.2, -0.15) is 0 Å². The first-order chi connectivity index (χ1) is 5.86. The topological polar surface area (TPSA) is 26.0 Å². The van der Waals surface area contributed by atoms with Crippen LogP contribution in [0.3, 0.4) is 0 Å². The molecule has 0 unspecified atom stereocenters. The normalized spacial score (nSPS) is 10.5. The molecule has 1 rings (SSSR count). The largest absolute Gasteiger partial charge is 0.446 e. The van der Waals surface area contributed by atoms with E-state index in [1.165, 1.54) is 19.3 Å². The minimum Gasteiger partial charge on any atom is -0.446 e. The minimum absolute atomic E-state index is 0.862. The minimum atomic E-state index is 0.862. The van der Waals surface area contributed by atoms with Gasteiger partial charge in [-0.05, 0) is 6.42 Å². The van der Waals surface area contributed by atoms with E-state index in [0.717, 1.165) is 24.5 Å². The van der Waals surface area contributed by atoms with Crippen molar-refractivity contribution < 1.29 is 4.42 Å². The van der Waals surface area contributed by atoms with Gasteiger partial charge in [0.2, 0.25) is 0 Å². The molecule has 0 spiro atoms. The van der Waals surface area contributed by atoms with Crippen LogP contribution in [0, 0.1) is 0 Å². The van der Waals surface area contributed by atoms with Crippen LogP contribution in [0.1, 0.15) is 44.8 Å². The summed E-state index contributed by atoms with van der Waals surface area (Å²) < 4.78 is 5.47. The number of aryl methyl sites for hydroxylation is 2. The van der Waals surface area contributed by atoms with Crippen LogP contribution in [0.25, 0.3) is 0 Å². The highest BCUT2D eigenvalue weighted by atomic mass is 16.4. The Morgan fingerprint density at radius 1 is 1.33 bits per heavy atom. The van der Waals surface area contributed by atoms with E-state index in [-0.39, 0.29) is 0 Å². The van der Waals surface area contributed by atoms with Crippen molar-refractivity contribution in [3.8, 4) is 0 Å². The molecule has 0 N–H and O–H groups in total. The van der Waals surface area contributed by atoms with E-state index in [2.05, 4.69) is 18.8 Å². The SMILES string of the molecule is CCCCCc1cnc(CC)o1. The van der Waals surface area contributed by atoms with Crippen molar-refractivity contribution in [2.24, 2.45) is 0 Å². The summed E-state index contributed by atoms with van der Waals surface area (Å²) in [7, 11) is 0. The molecule has 0 aliphatic carbocycles. The average molecular weight is 167 g/mol. The first-order valence-electron chi connectivity index (χ1n) is 4.80. The standard InChI is InChI=1S/C10H17NO/c1-3-5-6-7-9-8-11-10(4-2)12-9/h8H,3-7H2,1-2H3. The van der Waals surface area contributed by atoms with Gasteiger partial charge in [0.1, 0.15) is 5.76 Å². The Hall–Kier alpha value is -0.790. The first kappa shape index (κ1) is 9.30. The lowest BCUT2D eigenvalue weighted by Gasteiger charge is -1.93. The van der Waals surface area contributed by atoms with Crippen molar-refractivity contribution in [2.45, 2.75) is 46.0 Å². The molecule has 0 aliphatic rings. The highest BCUT2D eigenvalue weighted by molar-refractivity contribution is 4.93. The van der Waals surface area contributed by atoms with Crippen LogP contribution in [0.5, 0.6) is 0 Å². The van der Waals surface area contributed by atoms with Crippen LogP contribution < -0.4 is 0 Å².